The van der Waals surface area contributed by atoms with E-state index in [1.165, 1.54) is 24.3 Å². The van der Waals surface area contributed by atoms with Crippen molar-refractivity contribution in [3.05, 3.63) is 83.4 Å². The molecule has 3 aromatic carbocycles. The third-order valence-electron chi connectivity index (χ3n) is 4.86. The highest BCUT2D eigenvalue weighted by atomic mass is 35.5. The average molecular weight is 469 g/mol. The standard InChI is InChI=1S/C23H17ClN2O5S/c1-31-23(28)22(27)20-16-9-5-6-10-18(16)25-21(20)14-11-12-17(24)19(13-14)26-32(29,30)15-7-3-2-4-8-15/h2-13,25-26H,1H3. The molecule has 0 fully saturated rings. The highest BCUT2D eigenvalue weighted by Gasteiger charge is 2.26. The molecule has 0 unspecified atom stereocenters. The molecule has 32 heavy (non-hydrogen) atoms. The van der Waals surface area contributed by atoms with Crippen molar-refractivity contribution in [1.29, 1.82) is 0 Å². The molecule has 0 bridgehead atoms. The zero-order valence-electron chi connectivity index (χ0n) is 16.8. The SMILES string of the molecule is COC(=O)C(=O)c1c(-c2ccc(Cl)c(NS(=O)(=O)c3ccccc3)c2)[nH]c2ccccc12. The number of aromatic nitrogens is 1. The molecule has 9 heteroatoms. The highest BCUT2D eigenvalue weighted by Crippen LogP contribution is 2.35. The van der Waals surface area contributed by atoms with Gasteiger partial charge in [-0.3, -0.25) is 9.52 Å². The number of sulfonamides is 1. The first-order valence-electron chi connectivity index (χ1n) is 9.43. The van der Waals surface area contributed by atoms with Gasteiger partial charge in [-0.2, -0.15) is 0 Å². The number of ether oxygens (including phenoxy) is 1. The molecule has 0 atom stereocenters. The van der Waals surface area contributed by atoms with Crippen molar-refractivity contribution in [2.24, 2.45) is 0 Å². The van der Waals surface area contributed by atoms with Crippen LogP contribution in [0.3, 0.4) is 0 Å². The average Bonchev–Trinajstić information content (AvgIpc) is 3.19. The number of hydrogen-bond donors (Lipinski definition) is 2. The lowest BCUT2D eigenvalue weighted by Crippen LogP contribution is -2.16. The molecule has 2 N–H and O–H groups in total. The number of esters is 1. The molecule has 162 valence electrons. The second kappa shape index (κ2) is 8.49. The number of para-hydroxylation sites is 1. The molecule has 1 heterocycles. The molecule has 4 aromatic rings. The third-order valence-corrected chi connectivity index (χ3v) is 6.57. The lowest BCUT2D eigenvalue weighted by molar-refractivity contribution is -0.135. The summed E-state index contributed by atoms with van der Waals surface area (Å²) in [7, 11) is -2.76. The molecule has 0 aliphatic carbocycles. The van der Waals surface area contributed by atoms with Gasteiger partial charge in [-0.05, 0) is 30.3 Å². The number of hydrogen-bond acceptors (Lipinski definition) is 5. The van der Waals surface area contributed by atoms with Gasteiger partial charge in [0, 0.05) is 16.5 Å². The Morgan fingerprint density at radius 3 is 2.38 bits per heavy atom. The molecule has 0 saturated heterocycles. The first-order valence-corrected chi connectivity index (χ1v) is 11.3. The van der Waals surface area contributed by atoms with Gasteiger partial charge in [0.15, 0.2) is 0 Å². The summed E-state index contributed by atoms with van der Waals surface area (Å²) in [6, 6.07) is 19.5. The number of benzene rings is 3. The van der Waals surface area contributed by atoms with Gasteiger partial charge in [-0.1, -0.05) is 54.1 Å². The Balaban J connectivity index is 1.84. The van der Waals surface area contributed by atoms with Gasteiger partial charge < -0.3 is 9.72 Å². The number of fused-ring (bicyclic) bond motifs is 1. The maximum atomic E-state index is 12.8. The third kappa shape index (κ3) is 3.98. The summed E-state index contributed by atoms with van der Waals surface area (Å²) in [4.78, 5) is 28.0. The fourth-order valence-electron chi connectivity index (χ4n) is 3.35. The van der Waals surface area contributed by atoms with Crippen LogP contribution in [0, 0.1) is 0 Å². The second-order valence-corrected chi connectivity index (χ2v) is 8.94. The highest BCUT2D eigenvalue weighted by molar-refractivity contribution is 7.92. The first kappa shape index (κ1) is 21.6. The van der Waals surface area contributed by atoms with E-state index >= 15 is 0 Å². The number of H-pyrrole nitrogens is 1. The molecule has 0 amide bonds. The Labute approximate surface area is 189 Å². The van der Waals surface area contributed by atoms with E-state index in [0.29, 0.717) is 22.2 Å². The predicted molar refractivity (Wildman–Crippen MR) is 122 cm³/mol. The molecule has 0 aliphatic heterocycles. The Morgan fingerprint density at radius 1 is 0.969 bits per heavy atom. The summed E-state index contributed by atoms with van der Waals surface area (Å²) < 4.78 is 32.6. The number of rotatable bonds is 6. The van der Waals surface area contributed by atoms with Gasteiger partial charge >= 0.3 is 5.97 Å². The zero-order valence-corrected chi connectivity index (χ0v) is 18.3. The lowest BCUT2D eigenvalue weighted by atomic mass is 10.0. The van der Waals surface area contributed by atoms with Crippen LogP contribution in [0.1, 0.15) is 10.4 Å². The fourth-order valence-corrected chi connectivity index (χ4v) is 4.66. The van der Waals surface area contributed by atoms with Gasteiger partial charge in [0.1, 0.15) is 0 Å². The number of nitrogens with one attached hydrogen (secondary N) is 2. The topological polar surface area (TPSA) is 105 Å². The number of methoxy groups -OCH3 is 1. The van der Waals surface area contributed by atoms with Crippen LogP contribution in [0.15, 0.2) is 77.7 Å². The van der Waals surface area contributed by atoms with Crippen LogP contribution in [0.2, 0.25) is 5.02 Å². The predicted octanol–water partition coefficient (Wildman–Crippen LogP) is 4.64. The fraction of sp³-hybridized carbons (Fsp3) is 0.0435. The summed E-state index contributed by atoms with van der Waals surface area (Å²) in [6.45, 7) is 0. The monoisotopic (exact) mass is 468 g/mol. The van der Waals surface area contributed by atoms with Crippen molar-refractivity contribution < 1.29 is 22.7 Å². The quantitative estimate of drug-likeness (QED) is 0.243. The van der Waals surface area contributed by atoms with Crippen LogP contribution >= 0.6 is 11.6 Å². The van der Waals surface area contributed by atoms with E-state index in [1.54, 1.807) is 48.5 Å². The molecule has 0 aliphatic rings. The number of carbonyl (C=O) groups is 2. The maximum absolute atomic E-state index is 12.8. The van der Waals surface area contributed by atoms with E-state index in [4.69, 9.17) is 11.6 Å². The van der Waals surface area contributed by atoms with Crippen LogP contribution < -0.4 is 4.72 Å². The minimum Gasteiger partial charge on any atom is -0.463 e. The minimum absolute atomic E-state index is 0.0774. The van der Waals surface area contributed by atoms with Crippen molar-refractivity contribution in [1.82, 2.24) is 4.98 Å². The van der Waals surface area contributed by atoms with E-state index in [1.807, 2.05) is 0 Å². The van der Waals surface area contributed by atoms with Crippen molar-refractivity contribution in [3.63, 3.8) is 0 Å². The van der Waals surface area contributed by atoms with Crippen LogP contribution in [0.5, 0.6) is 0 Å². The van der Waals surface area contributed by atoms with Crippen molar-refractivity contribution in [3.8, 4) is 11.3 Å². The summed E-state index contributed by atoms with van der Waals surface area (Å²) in [5.74, 6) is -1.82. The summed E-state index contributed by atoms with van der Waals surface area (Å²) in [5, 5.41) is 0.712. The number of halogens is 1. The molecule has 0 spiro atoms. The molecular weight excluding hydrogens is 452 g/mol. The van der Waals surface area contributed by atoms with Gasteiger partial charge in [-0.25, -0.2) is 13.2 Å². The lowest BCUT2D eigenvalue weighted by Gasteiger charge is -2.12. The molecule has 0 radical (unpaired) electrons. The molecule has 7 nitrogen and oxygen atoms in total. The Kier molecular flexibility index (Phi) is 5.73. The number of aromatic amines is 1. The Bertz CT molecular complexity index is 1450. The number of ketones is 1. The second-order valence-electron chi connectivity index (χ2n) is 6.85. The normalized spacial score (nSPS) is 11.3. The smallest absolute Gasteiger partial charge is 0.379 e. The van der Waals surface area contributed by atoms with E-state index in [9.17, 15) is 18.0 Å². The largest absolute Gasteiger partial charge is 0.463 e. The first-order chi connectivity index (χ1) is 15.3. The van der Waals surface area contributed by atoms with Gasteiger partial charge in [0.05, 0.1) is 34.0 Å². The molecular formula is C23H17ClN2O5S. The summed E-state index contributed by atoms with van der Waals surface area (Å²) >= 11 is 6.25. The van der Waals surface area contributed by atoms with Crippen molar-refractivity contribution in [2.45, 2.75) is 4.90 Å². The van der Waals surface area contributed by atoms with Gasteiger partial charge in [0.25, 0.3) is 15.8 Å². The number of Topliss-reactive ketones (excluding diaryl/α,β-unsaturated/α-hetero) is 1. The molecule has 1 aromatic heterocycles. The maximum Gasteiger partial charge on any atom is 0.379 e. The Morgan fingerprint density at radius 2 is 1.66 bits per heavy atom. The summed E-state index contributed by atoms with van der Waals surface area (Å²) in [5.41, 5.74) is 1.70. The van der Waals surface area contributed by atoms with Gasteiger partial charge in [-0.15, -0.1) is 0 Å². The number of carbonyl (C=O) groups excluding carboxylic acids is 2. The zero-order chi connectivity index (χ0) is 22.9. The van der Waals surface area contributed by atoms with Crippen molar-refractivity contribution in [2.75, 3.05) is 11.8 Å². The number of anilines is 1. The Hall–Kier alpha value is -3.62. The van der Waals surface area contributed by atoms with Crippen LogP contribution in [0.25, 0.3) is 22.2 Å². The van der Waals surface area contributed by atoms with Crippen LogP contribution in [-0.2, 0) is 19.6 Å². The van der Waals surface area contributed by atoms with E-state index < -0.39 is 21.8 Å². The van der Waals surface area contributed by atoms with Crippen molar-refractivity contribution >= 4 is 50.0 Å². The van der Waals surface area contributed by atoms with Crippen LogP contribution in [-0.4, -0.2) is 32.3 Å². The van der Waals surface area contributed by atoms with E-state index in [2.05, 4.69) is 14.4 Å². The van der Waals surface area contributed by atoms with Gasteiger partial charge in [0.2, 0.25) is 0 Å². The van der Waals surface area contributed by atoms with E-state index in [0.717, 1.165) is 7.11 Å². The molecule has 4 rings (SSSR count). The summed E-state index contributed by atoms with van der Waals surface area (Å²) in [6.07, 6.45) is 0. The minimum atomic E-state index is -3.89. The van der Waals surface area contributed by atoms with Crippen LogP contribution in [0.4, 0.5) is 5.69 Å². The molecule has 0 saturated carbocycles. The van der Waals surface area contributed by atoms with E-state index in [-0.39, 0.29) is 21.2 Å².